The largest absolute Gasteiger partial charge is 0.496 e. The molecule has 4 rings (SSSR count). The summed E-state index contributed by atoms with van der Waals surface area (Å²) in [4.78, 5) is 22.3. The fourth-order valence-corrected chi connectivity index (χ4v) is 3.80. The normalized spacial score (nSPS) is 16.2. The standard InChI is InChI=1S/C19H17N3O3S/c1-11-7-8-13-17(9-11)26-19(20-13)21-18(23)16-10-14(22-25-16)12-5-3-4-6-15(12)24-2/h3-9,16H,10H2,1-2H3,(H,20,21,23). The van der Waals surface area contributed by atoms with Crippen LogP contribution in [0.25, 0.3) is 10.2 Å². The average molecular weight is 367 g/mol. The predicted octanol–water partition coefficient (Wildman–Crippen LogP) is 3.75. The third-order valence-corrected chi connectivity index (χ3v) is 5.09. The molecule has 1 aliphatic rings. The van der Waals surface area contributed by atoms with Crippen LogP contribution in [-0.2, 0) is 9.63 Å². The molecule has 0 fully saturated rings. The highest BCUT2D eigenvalue weighted by Gasteiger charge is 2.30. The van der Waals surface area contributed by atoms with Crippen molar-refractivity contribution in [3.63, 3.8) is 0 Å². The minimum Gasteiger partial charge on any atom is -0.496 e. The van der Waals surface area contributed by atoms with E-state index in [2.05, 4.69) is 21.5 Å². The number of fused-ring (bicyclic) bond motifs is 1. The van der Waals surface area contributed by atoms with Crippen molar-refractivity contribution in [2.75, 3.05) is 12.4 Å². The van der Waals surface area contributed by atoms with E-state index in [1.807, 2.05) is 43.3 Å². The highest BCUT2D eigenvalue weighted by atomic mass is 32.1. The van der Waals surface area contributed by atoms with E-state index in [-0.39, 0.29) is 5.91 Å². The Kier molecular flexibility index (Phi) is 4.30. The van der Waals surface area contributed by atoms with Gasteiger partial charge in [0.15, 0.2) is 5.13 Å². The summed E-state index contributed by atoms with van der Waals surface area (Å²) in [5.74, 6) is 0.451. The van der Waals surface area contributed by atoms with Gasteiger partial charge in [-0.1, -0.05) is 34.7 Å². The number of nitrogens with zero attached hydrogens (tertiary/aromatic N) is 2. The average Bonchev–Trinajstić information content (AvgIpc) is 3.28. The van der Waals surface area contributed by atoms with Crippen molar-refractivity contribution in [2.45, 2.75) is 19.4 Å². The summed E-state index contributed by atoms with van der Waals surface area (Å²) in [7, 11) is 1.61. The monoisotopic (exact) mass is 367 g/mol. The van der Waals surface area contributed by atoms with Crippen LogP contribution in [0.1, 0.15) is 17.5 Å². The zero-order valence-corrected chi connectivity index (χ0v) is 15.2. The molecule has 1 aromatic heterocycles. The minimum atomic E-state index is -0.677. The van der Waals surface area contributed by atoms with Crippen LogP contribution in [0.2, 0.25) is 0 Å². The molecule has 1 unspecified atom stereocenters. The smallest absolute Gasteiger partial charge is 0.270 e. The topological polar surface area (TPSA) is 72.8 Å². The van der Waals surface area contributed by atoms with Crippen LogP contribution >= 0.6 is 11.3 Å². The van der Waals surface area contributed by atoms with Gasteiger partial charge in [-0.15, -0.1) is 0 Å². The molecule has 1 N–H and O–H groups in total. The van der Waals surface area contributed by atoms with Crippen molar-refractivity contribution in [3.8, 4) is 5.75 Å². The number of aromatic nitrogens is 1. The third kappa shape index (κ3) is 3.13. The van der Waals surface area contributed by atoms with E-state index in [4.69, 9.17) is 9.57 Å². The Morgan fingerprint density at radius 3 is 3.00 bits per heavy atom. The number of anilines is 1. The molecule has 2 heterocycles. The second-order valence-corrected chi connectivity index (χ2v) is 7.05. The SMILES string of the molecule is COc1ccccc1C1=NOC(C(=O)Nc2nc3ccc(C)cc3s2)C1. The van der Waals surface area contributed by atoms with Gasteiger partial charge in [0.2, 0.25) is 6.10 Å². The van der Waals surface area contributed by atoms with Crippen LogP contribution in [0.15, 0.2) is 47.6 Å². The number of carbonyl (C=O) groups is 1. The zero-order chi connectivity index (χ0) is 18.1. The second-order valence-electron chi connectivity index (χ2n) is 6.02. The van der Waals surface area contributed by atoms with Crippen molar-refractivity contribution in [1.82, 2.24) is 4.98 Å². The molecule has 3 aromatic rings. The van der Waals surface area contributed by atoms with E-state index in [1.54, 1.807) is 7.11 Å². The molecule has 0 bridgehead atoms. The Bertz CT molecular complexity index is 1010. The number of hydrogen-bond donors (Lipinski definition) is 1. The lowest BCUT2D eigenvalue weighted by atomic mass is 10.0. The van der Waals surface area contributed by atoms with Gasteiger partial charge in [-0.2, -0.15) is 0 Å². The van der Waals surface area contributed by atoms with Crippen molar-refractivity contribution in [3.05, 3.63) is 53.6 Å². The number of ether oxygens (including phenoxy) is 1. The summed E-state index contributed by atoms with van der Waals surface area (Å²) < 4.78 is 6.39. The molecular formula is C19H17N3O3S. The molecular weight excluding hydrogens is 350 g/mol. The van der Waals surface area contributed by atoms with Crippen molar-refractivity contribution >= 4 is 38.3 Å². The molecule has 26 heavy (non-hydrogen) atoms. The number of para-hydroxylation sites is 1. The van der Waals surface area contributed by atoms with Gasteiger partial charge in [-0.3, -0.25) is 10.1 Å². The first-order valence-electron chi connectivity index (χ1n) is 8.18. The molecule has 0 saturated heterocycles. The molecule has 1 amide bonds. The molecule has 132 valence electrons. The number of benzene rings is 2. The van der Waals surface area contributed by atoms with Gasteiger partial charge in [-0.05, 0) is 36.8 Å². The van der Waals surface area contributed by atoms with Gasteiger partial charge in [0.25, 0.3) is 5.91 Å². The molecule has 0 saturated carbocycles. The van der Waals surface area contributed by atoms with Gasteiger partial charge in [-0.25, -0.2) is 4.98 Å². The van der Waals surface area contributed by atoms with Gasteiger partial charge in [0, 0.05) is 12.0 Å². The zero-order valence-electron chi connectivity index (χ0n) is 14.4. The number of rotatable bonds is 4. The van der Waals surface area contributed by atoms with Crippen LogP contribution in [0.5, 0.6) is 5.75 Å². The lowest BCUT2D eigenvalue weighted by molar-refractivity contribution is -0.125. The summed E-state index contributed by atoms with van der Waals surface area (Å²) in [6.07, 6.45) is -0.292. The molecule has 2 aromatic carbocycles. The summed E-state index contributed by atoms with van der Waals surface area (Å²) in [6.45, 7) is 2.03. The Morgan fingerprint density at radius 1 is 1.31 bits per heavy atom. The Balaban J connectivity index is 1.46. The first-order chi connectivity index (χ1) is 12.6. The van der Waals surface area contributed by atoms with E-state index < -0.39 is 6.10 Å². The maximum atomic E-state index is 12.5. The number of hydrogen-bond acceptors (Lipinski definition) is 6. The molecule has 0 aliphatic carbocycles. The van der Waals surface area contributed by atoms with E-state index in [1.165, 1.54) is 11.3 Å². The summed E-state index contributed by atoms with van der Waals surface area (Å²) >= 11 is 1.45. The lowest BCUT2D eigenvalue weighted by Gasteiger charge is -2.08. The van der Waals surface area contributed by atoms with Crippen molar-refractivity contribution in [1.29, 1.82) is 0 Å². The number of amides is 1. The van der Waals surface area contributed by atoms with E-state index in [0.717, 1.165) is 21.3 Å². The Morgan fingerprint density at radius 2 is 2.15 bits per heavy atom. The number of nitrogens with one attached hydrogen (secondary N) is 1. The molecule has 0 spiro atoms. The number of oxime groups is 1. The van der Waals surface area contributed by atoms with Crippen LogP contribution in [0.3, 0.4) is 0 Å². The minimum absolute atomic E-state index is 0.255. The van der Waals surface area contributed by atoms with Gasteiger partial charge < -0.3 is 9.57 Å². The summed E-state index contributed by atoms with van der Waals surface area (Å²) in [5, 5.41) is 7.46. The predicted molar refractivity (Wildman–Crippen MR) is 102 cm³/mol. The number of aryl methyl sites for hydroxylation is 1. The maximum absolute atomic E-state index is 12.5. The number of methoxy groups -OCH3 is 1. The summed E-state index contributed by atoms with van der Waals surface area (Å²) in [5.41, 5.74) is 3.56. The molecule has 7 heteroatoms. The van der Waals surface area contributed by atoms with Crippen LogP contribution in [0.4, 0.5) is 5.13 Å². The first kappa shape index (κ1) is 16.5. The van der Waals surface area contributed by atoms with E-state index in [0.29, 0.717) is 23.0 Å². The van der Waals surface area contributed by atoms with Crippen LogP contribution in [0, 0.1) is 6.92 Å². The van der Waals surface area contributed by atoms with Gasteiger partial charge in [0.1, 0.15) is 5.75 Å². The third-order valence-electron chi connectivity index (χ3n) is 4.15. The quantitative estimate of drug-likeness (QED) is 0.762. The highest BCUT2D eigenvalue weighted by Crippen LogP contribution is 2.28. The van der Waals surface area contributed by atoms with Crippen LogP contribution < -0.4 is 10.1 Å². The number of thiazole rings is 1. The van der Waals surface area contributed by atoms with E-state index in [9.17, 15) is 4.79 Å². The molecule has 1 atom stereocenters. The molecule has 6 nitrogen and oxygen atoms in total. The Hall–Kier alpha value is -2.93. The molecule has 0 radical (unpaired) electrons. The van der Waals surface area contributed by atoms with Crippen molar-refractivity contribution in [2.24, 2.45) is 5.16 Å². The number of carbonyl (C=O) groups excluding carboxylic acids is 1. The fraction of sp³-hybridized carbons (Fsp3) is 0.211. The van der Waals surface area contributed by atoms with E-state index >= 15 is 0 Å². The van der Waals surface area contributed by atoms with Gasteiger partial charge in [0.05, 0.1) is 23.0 Å². The fourth-order valence-electron chi connectivity index (χ4n) is 2.83. The second kappa shape index (κ2) is 6.76. The van der Waals surface area contributed by atoms with Crippen molar-refractivity contribution < 1.29 is 14.4 Å². The van der Waals surface area contributed by atoms with Gasteiger partial charge >= 0.3 is 0 Å². The highest BCUT2D eigenvalue weighted by molar-refractivity contribution is 7.22. The lowest BCUT2D eigenvalue weighted by Crippen LogP contribution is -2.28. The summed E-state index contributed by atoms with van der Waals surface area (Å²) in [6, 6.07) is 13.5. The Labute approximate surface area is 154 Å². The first-order valence-corrected chi connectivity index (χ1v) is 9.00. The molecule has 1 aliphatic heterocycles. The van der Waals surface area contributed by atoms with Crippen LogP contribution in [-0.4, -0.2) is 29.8 Å². The maximum Gasteiger partial charge on any atom is 0.270 e.